The van der Waals surface area contributed by atoms with E-state index in [1.807, 2.05) is 11.9 Å². The molecule has 1 saturated carbocycles. The van der Waals surface area contributed by atoms with Gasteiger partial charge in [0.05, 0.1) is 0 Å². The number of hydrogen-bond donors (Lipinski definition) is 1. The maximum Gasteiger partial charge on any atom is 0.222 e. The molecule has 0 aliphatic heterocycles. The minimum Gasteiger partial charge on any atom is -0.343 e. The Balaban J connectivity index is 2.17. The highest BCUT2D eigenvalue weighted by Gasteiger charge is 2.21. The number of amides is 1. The third-order valence-electron chi connectivity index (χ3n) is 3.64. The maximum absolute atomic E-state index is 12.0. The summed E-state index contributed by atoms with van der Waals surface area (Å²) in [6.45, 7) is 5.22. The number of nitrogens with one attached hydrogen (secondary N) is 1. The number of carbonyl (C=O) groups excluding carboxylic acids is 1. The Morgan fingerprint density at radius 3 is 2.53 bits per heavy atom. The van der Waals surface area contributed by atoms with E-state index < -0.39 is 0 Å². The molecule has 0 saturated heterocycles. The van der Waals surface area contributed by atoms with Crippen molar-refractivity contribution < 1.29 is 4.79 Å². The van der Waals surface area contributed by atoms with Gasteiger partial charge in [-0.3, -0.25) is 4.79 Å². The van der Waals surface area contributed by atoms with E-state index in [1.165, 1.54) is 32.1 Å². The monoisotopic (exact) mass is 240 g/mol. The summed E-state index contributed by atoms with van der Waals surface area (Å²) in [6.07, 6.45) is 7.96. The lowest BCUT2D eigenvalue weighted by atomic mass is 9.94. The second-order valence-electron chi connectivity index (χ2n) is 5.51. The highest BCUT2D eigenvalue weighted by molar-refractivity contribution is 5.76. The molecule has 17 heavy (non-hydrogen) atoms. The predicted molar refractivity (Wildman–Crippen MR) is 72.0 cm³/mol. The first-order chi connectivity index (χ1) is 8.11. The van der Waals surface area contributed by atoms with Crippen molar-refractivity contribution in [2.45, 2.75) is 70.9 Å². The van der Waals surface area contributed by atoms with Gasteiger partial charge in [0.2, 0.25) is 5.91 Å². The third-order valence-corrected chi connectivity index (χ3v) is 3.64. The van der Waals surface area contributed by atoms with Gasteiger partial charge in [0.25, 0.3) is 0 Å². The fraction of sp³-hybridized carbons (Fsp3) is 0.929. The molecular formula is C14H28N2O. The lowest BCUT2D eigenvalue weighted by molar-refractivity contribution is -0.132. The van der Waals surface area contributed by atoms with Gasteiger partial charge in [-0.25, -0.2) is 0 Å². The Labute approximate surface area is 106 Å². The minimum absolute atomic E-state index is 0.322. The molecule has 0 aromatic carbocycles. The molecule has 0 atom stereocenters. The van der Waals surface area contributed by atoms with Crippen molar-refractivity contribution in [3.8, 4) is 0 Å². The van der Waals surface area contributed by atoms with Gasteiger partial charge in [0.1, 0.15) is 0 Å². The average Bonchev–Trinajstić information content (AvgIpc) is 2.34. The van der Waals surface area contributed by atoms with Crippen LogP contribution in [0.15, 0.2) is 0 Å². The summed E-state index contributed by atoms with van der Waals surface area (Å²) in [5.41, 5.74) is 0. The summed E-state index contributed by atoms with van der Waals surface area (Å²) in [6, 6.07) is 1.02. The van der Waals surface area contributed by atoms with Gasteiger partial charge in [-0.1, -0.05) is 33.1 Å². The first-order valence-electron chi connectivity index (χ1n) is 7.10. The standard InChI is InChI=1S/C14H28N2O/c1-12(2)15-11-7-10-14(17)16(3)13-8-5-4-6-9-13/h12-13,15H,4-11H2,1-3H3. The SMILES string of the molecule is CC(C)NCCCC(=O)N(C)C1CCCCC1. The van der Waals surface area contributed by atoms with Crippen molar-refractivity contribution in [1.29, 1.82) is 0 Å². The molecule has 0 heterocycles. The lowest BCUT2D eigenvalue weighted by Gasteiger charge is -2.31. The van der Waals surface area contributed by atoms with E-state index in [9.17, 15) is 4.79 Å². The Morgan fingerprint density at radius 1 is 1.29 bits per heavy atom. The third kappa shape index (κ3) is 5.53. The van der Waals surface area contributed by atoms with Crippen LogP contribution in [-0.4, -0.2) is 36.5 Å². The molecule has 1 aliphatic rings. The normalized spacial score (nSPS) is 17.4. The van der Waals surface area contributed by atoms with Gasteiger partial charge >= 0.3 is 0 Å². The zero-order valence-corrected chi connectivity index (χ0v) is 11.7. The number of rotatable bonds is 6. The summed E-state index contributed by atoms with van der Waals surface area (Å²) in [5, 5.41) is 3.35. The van der Waals surface area contributed by atoms with Crippen molar-refractivity contribution in [3.05, 3.63) is 0 Å². The Bertz CT molecular complexity index is 222. The molecule has 1 amide bonds. The summed E-state index contributed by atoms with van der Waals surface area (Å²) < 4.78 is 0. The van der Waals surface area contributed by atoms with E-state index in [0.29, 0.717) is 24.4 Å². The van der Waals surface area contributed by atoms with Crippen LogP contribution >= 0.6 is 0 Å². The van der Waals surface area contributed by atoms with E-state index in [0.717, 1.165) is 13.0 Å². The molecule has 0 spiro atoms. The first kappa shape index (κ1) is 14.5. The van der Waals surface area contributed by atoms with Crippen LogP contribution in [-0.2, 0) is 4.79 Å². The zero-order chi connectivity index (χ0) is 12.7. The second-order valence-corrected chi connectivity index (χ2v) is 5.51. The highest BCUT2D eigenvalue weighted by atomic mass is 16.2. The molecule has 3 nitrogen and oxygen atoms in total. The molecule has 1 fully saturated rings. The van der Waals surface area contributed by atoms with Gasteiger partial charge in [0, 0.05) is 25.6 Å². The number of hydrogen-bond acceptors (Lipinski definition) is 2. The van der Waals surface area contributed by atoms with Gasteiger partial charge in [0.15, 0.2) is 0 Å². The molecule has 0 aromatic heterocycles. The van der Waals surface area contributed by atoms with Gasteiger partial charge in [-0.05, 0) is 25.8 Å². The summed E-state index contributed by atoms with van der Waals surface area (Å²) >= 11 is 0. The smallest absolute Gasteiger partial charge is 0.222 e. The van der Waals surface area contributed by atoms with Crippen molar-refractivity contribution in [1.82, 2.24) is 10.2 Å². The zero-order valence-electron chi connectivity index (χ0n) is 11.7. The lowest BCUT2D eigenvalue weighted by Crippen LogP contribution is -2.38. The predicted octanol–water partition coefficient (Wildman–Crippen LogP) is 2.56. The van der Waals surface area contributed by atoms with Crippen LogP contribution < -0.4 is 5.32 Å². The molecule has 0 aromatic rings. The molecule has 0 unspecified atom stereocenters. The van der Waals surface area contributed by atoms with E-state index in [1.54, 1.807) is 0 Å². The Kier molecular flexibility index (Phi) is 6.56. The average molecular weight is 240 g/mol. The number of nitrogens with zero attached hydrogens (tertiary/aromatic N) is 1. The van der Waals surface area contributed by atoms with Crippen molar-refractivity contribution in [2.75, 3.05) is 13.6 Å². The quantitative estimate of drug-likeness (QED) is 0.724. The van der Waals surface area contributed by atoms with Crippen molar-refractivity contribution in [3.63, 3.8) is 0 Å². The Hall–Kier alpha value is -0.570. The summed E-state index contributed by atoms with van der Waals surface area (Å²) in [7, 11) is 1.98. The van der Waals surface area contributed by atoms with E-state index in [4.69, 9.17) is 0 Å². The van der Waals surface area contributed by atoms with Crippen LogP contribution in [0.5, 0.6) is 0 Å². The number of carbonyl (C=O) groups is 1. The first-order valence-corrected chi connectivity index (χ1v) is 7.10. The fourth-order valence-electron chi connectivity index (χ4n) is 2.48. The Morgan fingerprint density at radius 2 is 1.94 bits per heavy atom. The minimum atomic E-state index is 0.322. The summed E-state index contributed by atoms with van der Waals surface area (Å²) in [4.78, 5) is 14.0. The van der Waals surface area contributed by atoms with Crippen molar-refractivity contribution >= 4 is 5.91 Å². The summed E-state index contributed by atoms with van der Waals surface area (Å²) in [5.74, 6) is 0.322. The van der Waals surface area contributed by atoms with Gasteiger partial charge in [-0.15, -0.1) is 0 Å². The van der Waals surface area contributed by atoms with Crippen LogP contribution in [0.2, 0.25) is 0 Å². The van der Waals surface area contributed by atoms with Crippen LogP contribution in [0.1, 0.15) is 58.8 Å². The molecule has 3 heteroatoms. The molecule has 1 N–H and O–H groups in total. The molecular weight excluding hydrogens is 212 g/mol. The van der Waals surface area contributed by atoms with Crippen LogP contribution in [0.25, 0.3) is 0 Å². The molecule has 0 bridgehead atoms. The molecule has 0 radical (unpaired) electrons. The highest BCUT2D eigenvalue weighted by Crippen LogP contribution is 2.22. The molecule has 100 valence electrons. The topological polar surface area (TPSA) is 32.3 Å². The maximum atomic E-state index is 12.0. The van der Waals surface area contributed by atoms with Gasteiger partial charge < -0.3 is 10.2 Å². The van der Waals surface area contributed by atoms with Crippen molar-refractivity contribution in [2.24, 2.45) is 0 Å². The fourth-order valence-corrected chi connectivity index (χ4v) is 2.48. The largest absolute Gasteiger partial charge is 0.343 e. The molecule has 1 rings (SSSR count). The molecule has 1 aliphatic carbocycles. The second kappa shape index (κ2) is 7.70. The van der Waals surface area contributed by atoms with E-state index >= 15 is 0 Å². The van der Waals surface area contributed by atoms with E-state index in [2.05, 4.69) is 19.2 Å². The van der Waals surface area contributed by atoms with Crippen LogP contribution in [0, 0.1) is 0 Å². The van der Waals surface area contributed by atoms with Gasteiger partial charge in [-0.2, -0.15) is 0 Å². The van der Waals surface area contributed by atoms with Crippen LogP contribution in [0.4, 0.5) is 0 Å². The van der Waals surface area contributed by atoms with E-state index in [-0.39, 0.29) is 0 Å². The van der Waals surface area contributed by atoms with Crippen LogP contribution in [0.3, 0.4) is 0 Å².